The molecular weight excluding hydrogens is 198 g/mol. The third-order valence-corrected chi connectivity index (χ3v) is 4.07. The van der Waals surface area contributed by atoms with Crippen LogP contribution in [0.1, 0.15) is 33.1 Å². The number of likely N-dealkylation sites (N-methyl/N-ethyl adjacent to an activating group) is 2. The van der Waals surface area contributed by atoms with Crippen LogP contribution in [-0.4, -0.2) is 62.2 Å². The molecule has 3 nitrogen and oxygen atoms in total. The van der Waals surface area contributed by atoms with E-state index >= 15 is 0 Å². The summed E-state index contributed by atoms with van der Waals surface area (Å²) in [6.45, 7) is 8.02. The minimum absolute atomic E-state index is 0.243. The van der Waals surface area contributed by atoms with Gasteiger partial charge in [-0.3, -0.25) is 0 Å². The van der Waals surface area contributed by atoms with Gasteiger partial charge in [-0.2, -0.15) is 0 Å². The van der Waals surface area contributed by atoms with Gasteiger partial charge in [-0.05, 0) is 54.4 Å². The van der Waals surface area contributed by atoms with E-state index in [4.69, 9.17) is 0 Å². The average Bonchev–Trinajstić information content (AvgIpc) is 2.20. The van der Waals surface area contributed by atoms with Crippen LogP contribution in [0, 0.1) is 0 Å². The summed E-state index contributed by atoms with van der Waals surface area (Å²) < 4.78 is 0. The van der Waals surface area contributed by atoms with E-state index in [1.54, 1.807) is 0 Å². The first-order valence-electron chi connectivity index (χ1n) is 6.52. The normalized spacial score (nSPS) is 24.0. The van der Waals surface area contributed by atoms with E-state index in [0.717, 1.165) is 19.1 Å². The zero-order chi connectivity index (χ0) is 12.2. The highest BCUT2D eigenvalue weighted by Gasteiger charge is 2.22. The molecule has 1 fully saturated rings. The van der Waals surface area contributed by atoms with Crippen LogP contribution in [0.3, 0.4) is 0 Å². The molecule has 1 heterocycles. The SMILES string of the molecule is CN1CCCCC1CNCC(C)(C)N(C)C. The number of hydrogen-bond acceptors (Lipinski definition) is 3. The molecule has 1 aliphatic rings. The number of nitrogens with one attached hydrogen (secondary N) is 1. The van der Waals surface area contributed by atoms with Crippen molar-refractivity contribution >= 4 is 0 Å². The molecule has 0 aromatic heterocycles. The van der Waals surface area contributed by atoms with Crippen LogP contribution in [0.2, 0.25) is 0 Å². The van der Waals surface area contributed by atoms with Crippen molar-refractivity contribution < 1.29 is 0 Å². The zero-order valence-corrected chi connectivity index (χ0v) is 11.7. The Bertz CT molecular complexity index is 201. The van der Waals surface area contributed by atoms with Crippen LogP contribution in [-0.2, 0) is 0 Å². The highest BCUT2D eigenvalue weighted by atomic mass is 15.2. The first-order valence-corrected chi connectivity index (χ1v) is 6.52. The minimum Gasteiger partial charge on any atom is -0.313 e. The standard InChI is InChI=1S/C13H29N3/c1-13(2,15(3)4)11-14-10-12-8-6-7-9-16(12)5/h12,14H,6-11H2,1-5H3. The van der Waals surface area contributed by atoms with Gasteiger partial charge < -0.3 is 15.1 Å². The van der Waals surface area contributed by atoms with E-state index < -0.39 is 0 Å². The minimum atomic E-state index is 0.243. The maximum Gasteiger partial charge on any atom is 0.0271 e. The fourth-order valence-corrected chi connectivity index (χ4v) is 2.10. The molecule has 0 aliphatic carbocycles. The summed E-state index contributed by atoms with van der Waals surface area (Å²) in [5.74, 6) is 0. The molecule has 1 unspecified atom stereocenters. The molecule has 96 valence electrons. The fourth-order valence-electron chi connectivity index (χ4n) is 2.10. The second-order valence-corrected chi connectivity index (χ2v) is 5.97. The van der Waals surface area contributed by atoms with Gasteiger partial charge in [0.2, 0.25) is 0 Å². The number of nitrogens with zero attached hydrogens (tertiary/aromatic N) is 2. The highest BCUT2D eigenvalue weighted by Crippen LogP contribution is 2.14. The number of hydrogen-bond donors (Lipinski definition) is 1. The van der Waals surface area contributed by atoms with E-state index in [1.807, 2.05) is 0 Å². The van der Waals surface area contributed by atoms with Crippen LogP contribution >= 0.6 is 0 Å². The molecule has 16 heavy (non-hydrogen) atoms. The molecular formula is C13H29N3. The predicted molar refractivity (Wildman–Crippen MR) is 70.9 cm³/mol. The molecule has 0 bridgehead atoms. The summed E-state index contributed by atoms with van der Waals surface area (Å²) >= 11 is 0. The molecule has 0 saturated carbocycles. The number of piperidine rings is 1. The Kier molecular flexibility index (Phi) is 5.22. The summed E-state index contributed by atoms with van der Waals surface area (Å²) in [5, 5.41) is 3.62. The molecule has 1 N–H and O–H groups in total. The molecule has 1 saturated heterocycles. The molecule has 1 atom stereocenters. The van der Waals surface area contributed by atoms with E-state index in [1.165, 1.54) is 25.8 Å². The van der Waals surface area contributed by atoms with Gasteiger partial charge in [0.1, 0.15) is 0 Å². The lowest BCUT2D eigenvalue weighted by atomic mass is 10.0. The van der Waals surface area contributed by atoms with Crippen molar-refractivity contribution in [1.82, 2.24) is 15.1 Å². The molecule has 3 heteroatoms. The zero-order valence-electron chi connectivity index (χ0n) is 11.7. The van der Waals surface area contributed by atoms with Crippen LogP contribution in [0.25, 0.3) is 0 Å². The van der Waals surface area contributed by atoms with Gasteiger partial charge >= 0.3 is 0 Å². The van der Waals surface area contributed by atoms with Crippen LogP contribution in [0.4, 0.5) is 0 Å². The maximum atomic E-state index is 3.62. The highest BCUT2D eigenvalue weighted by molar-refractivity contribution is 4.82. The van der Waals surface area contributed by atoms with Crippen molar-refractivity contribution in [2.75, 3.05) is 40.8 Å². The predicted octanol–water partition coefficient (Wildman–Crippen LogP) is 1.40. The van der Waals surface area contributed by atoms with Gasteiger partial charge in [0.05, 0.1) is 0 Å². The molecule has 0 aromatic carbocycles. The van der Waals surface area contributed by atoms with Crippen molar-refractivity contribution in [2.45, 2.75) is 44.7 Å². The van der Waals surface area contributed by atoms with Gasteiger partial charge in [-0.1, -0.05) is 6.42 Å². The lowest BCUT2D eigenvalue weighted by molar-refractivity contribution is 0.159. The average molecular weight is 227 g/mol. The van der Waals surface area contributed by atoms with Crippen molar-refractivity contribution in [3.8, 4) is 0 Å². The lowest BCUT2D eigenvalue weighted by Crippen LogP contribution is -2.50. The van der Waals surface area contributed by atoms with Gasteiger partial charge in [-0.25, -0.2) is 0 Å². The smallest absolute Gasteiger partial charge is 0.0271 e. The Morgan fingerprint density at radius 1 is 1.31 bits per heavy atom. The van der Waals surface area contributed by atoms with Crippen molar-refractivity contribution in [2.24, 2.45) is 0 Å². The monoisotopic (exact) mass is 227 g/mol. The third-order valence-electron chi connectivity index (χ3n) is 4.07. The Morgan fingerprint density at radius 2 is 2.00 bits per heavy atom. The summed E-state index contributed by atoms with van der Waals surface area (Å²) in [4.78, 5) is 4.78. The second kappa shape index (κ2) is 5.99. The summed E-state index contributed by atoms with van der Waals surface area (Å²) in [6.07, 6.45) is 4.12. The Labute approximate surface area is 101 Å². The Morgan fingerprint density at radius 3 is 2.56 bits per heavy atom. The Balaban J connectivity index is 2.24. The summed E-state index contributed by atoms with van der Waals surface area (Å²) in [5.41, 5.74) is 0.243. The van der Waals surface area contributed by atoms with Crippen molar-refractivity contribution in [3.05, 3.63) is 0 Å². The fraction of sp³-hybridized carbons (Fsp3) is 1.00. The molecule has 1 rings (SSSR count). The van der Waals surface area contributed by atoms with Crippen LogP contribution < -0.4 is 5.32 Å². The first kappa shape index (κ1) is 13.9. The van der Waals surface area contributed by atoms with E-state index in [2.05, 4.69) is 50.1 Å². The largest absolute Gasteiger partial charge is 0.313 e. The number of rotatable bonds is 5. The quantitative estimate of drug-likeness (QED) is 0.766. The molecule has 0 amide bonds. The lowest BCUT2D eigenvalue weighted by Gasteiger charge is -2.36. The van der Waals surface area contributed by atoms with Crippen LogP contribution in [0.15, 0.2) is 0 Å². The van der Waals surface area contributed by atoms with Gasteiger partial charge in [-0.15, -0.1) is 0 Å². The summed E-state index contributed by atoms with van der Waals surface area (Å²) in [6, 6.07) is 0.742. The van der Waals surface area contributed by atoms with Gasteiger partial charge in [0, 0.05) is 24.7 Å². The topological polar surface area (TPSA) is 18.5 Å². The molecule has 0 aromatic rings. The maximum absolute atomic E-state index is 3.62. The van der Waals surface area contributed by atoms with Crippen molar-refractivity contribution in [3.63, 3.8) is 0 Å². The molecule has 1 aliphatic heterocycles. The van der Waals surface area contributed by atoms with Gasteiger partial charge in [0.25, 0.3) is 0 Å². The second-order valence-electron chi connectivity index (χ2n) is 5.97. The van der Waals surface area contributed by atoms with E-state index in [0.29, 0.717) is 0 Å². The van der Waals surface area contributed by atoms with E-state index in [9.17, 15) is 0 Å². The first-order chi connectivity index (χ1) is 7.43. The Hall–Kier alpha value is -0.120. The molecule has 0 spiro atoms. The molecule has 0 radical (unpaired) electrons. The summed E-state index contributed by atoms with van der Waals surface area (Å²) in [7, 11) is 6.55. The number of likely N-dealkylation sites (tertiary alicyclic amines) is 1. The van der Waals surface area contributed by atoms with Crippen LogP contribution in [0.5, 0.6) is 0 Å². The van der Waals surface area contributed by atoms with Crippen molar-refractivity contribution in [1.29, 1.82) is 0 Å². The third kappa shape index (κ3) is 4.04. The van der Waals surface area contributed by atoms with E-state index in [-0.39, 0.29) is 5.54 Å². The van der Waals surface area contributed by atoms with Gasteiger partial charge in [0.15, 0.2) is 0 Å².